The summed E-state index contributed by atoms with van der Waals surface area (Å²) in [5.74, 6) is 0.204. The molecule has 1 rings (SSSR count). The van der Waals surface area contributed by atoms with Gasteiger partial charge in [-0.2, -0.15) is 0 Å². The highest BCUT2D eigenvalue weighted by molar-refractivity contribution is 5.75. The standard InChI is InChI=1S/C12H23NO3/c1-12(2,3)16-11(14)10(13)8-9-4-6-15-7-5-9/h9-10H,4-8,13H2,1-3H3/t10-/m1/s1. The SMILES string of the molecule is CC(C)(C)OC(=O)[C@H](N)CC1CCOCC1. The van der Waals surface area contributed by atoms with Crippen molar-refractivity contribution >= 4 is 5.97 Å². The van der Waals surface area contributed by atoms with Crippen LogP contribution in [0.25, 0.3) is 0 Å². The number of hydrogen-bond acceptors (Lipinski definition) is 4. The minimum atomic E-state index is -0.498. The molecule has 1 aliphatic heterocycles. The maximum atomic E-state index is 11.7. The number of ether oxygens (including phenoxy) is 2. The van der Waals surface area contributed by atoms with Gasteiger partial charge in [-0.3, -0.25) is 4.79 Å². The molecular weight excluding hydrogens is 206 g/mol. The van der Waals surface area contributed by atoms with Crippen molar-refractivity contribution in [2.24, 2.45) is 11.7 Å². The highest BCUT2D eigenvalue weighted by Crippen LogP contribution is 2.20. The van der Waals surface area contributed by atoms with E-state index in [9.17, 15) is 4.79 Å². The molecule has 1 atom stereocenters. The van der Waals surface area contributed by atoms with E-state index in [0.29, 0.717) is 12.3 Å². The molecule has 1 fully saturated rings. The lowest BCUT2D eigenvalue weighted by Gasteiger charge is -2.26. The Morgan fingerprint density at radius 1 is 1.44 bits per heavy atom. The van der Waals surface area contributed by atoms with Crippen molar-refractivity contribution in [2.45, 2.75) is 51.7 Å². The third-order valence-corrected chi connectivity index (χ3v) is 2.64. The molecule has 0 aromatic rings. The topological polar surface area (TPSA) is 61.5 Å². The Hall–Kier alpha value is -0.610. The largest absolute Gasteiger partial charge is 0.459 e. The van der Waals surface area contributed by atoms with Gasteiger partial charge in [0, 0.05) is 13.2 Å². The first kappa shape index (κ1) is 13.5. The first-order chi connectivity index (χ1) is 7.38. The highest BCUT2D eigenvalue weighted by atomic mass is 16.6. The van der Waals surface area contributed by atoms with E-state index in [0.717, 1.165) is 26.1 Å². The summed E-state index contributed by atoms with van der Waals surface area (Å²) in [6, 6.07) is -0.498. The number of esters is 1. The van der Waals surface area contributed by atoms with Crippen LogP contribution in [-0.4, -0.2) is 30.8 Å². The smallest absolute Gasteiger partial charge is 0.323 e. The first-order valence-electron chi connectivity index (χ1n) is 5.94. The summed E-state index contributed by atoms with van der Waals surface area (Å²) in [6.45, 7) is 7.13. The van der Waals surface area contributed by atoms with Gasteiger partial charge in [-0.1, -0.05) is 0 Å². The van der Waals surface area contributed by atoms with Crippen molar-refractivity contribution in [1.82, 2.24) is 0 Å². The Morgan fingerprint density at radius 2 is 2.00 bits per heavy atom. The zero-order valence-electron chi connectivity index (χ0n) is 10.5. The highest BCUT2D eigenvalue weighted by Gasteiger charge is 2.25. The van der Waals surface area contributed by atoms with Crippen molar-refractivity contribution in [1.29, 1.82) is 0 Å². The van der Waals surface area contributed by atoms with E-state index in [1.165, 1.54) is 0 Å². The van der Waals surface area contributed by atoms with E-state index >= 15 is 0 Å². The molecule has 0 bridgehead atoms. The Kier molecular flexibility index (Phi) is 4.74. The third kappa shape index (κ3) is 4.94. The van der Waals surface area contributed by atoms with Crippen molar-refractivity contribution in [3.8, 4) is 0 Å². The molecule has 1 aliphatic rings. The number of rotatable bonds is 3. The van der Waals surface area contributed by atoms with Crippen LogP contribution in [0.2, 0.25) is 0 Å². The molecule has 0 radical (unpaired) electrons. The van der Waals surface area contributed by atoms with Crippen molar-refractivity contribution < 1.29 is 14.3 Å². The fourth-order valence-electron chi connectivity index (χ4n) is 1.81. The molecule has 1 saturated heterocycles. The van der Waals surface area contributed by atoms with Gasteiger partial charge in [0.05, 0.1) is 0 Å². The molecule has 0 aromatic carbocycles. The summed E-state index contributed by atoms with van der Waals surface area (Å²) in [6.07, 6.45) is 2.70. The second-order valence-electron chi connectivity index (χ2n) is 5.43. The van der Waals surface area contributed by atoms with Crippen LogP contribution in [0.1, 0.15) is 40.0 Å². The molecule has 0 aliphatic carbocycles. The number of carbonyl (C=O) groups excluding carboxylic acids is 1. The van der Waals surface area contributed by atoms with Crippen LogP contribution in [0.3, 0.4) is 0 Å². The van der Waals surface area contributed by atoms with E-state index in [1.807, 2.05) is 20.8 Å². The average Bonchev–Trinajstić information content (AvgIpc) is 2.16. The minimum Gasteiger partial charge on any atom is -0.459 e. The zero-order chi connectivity index (χ0) is 12.2. The van der Waals surface area contributed by atoms with Gasteiger partial charge in [-0.25, -0.2) is 0 Å². The molecule has 4 nitrogen and oxygen atoms in total. The second kappa shape index (κ2) is 5.64. The lowest BCUT2D eigenvalue weighted by atomic mass is 9.93. The Morgan fingerprint density at radius 3 is 2.50 bits per heavy atom. The molecule has 16 heavy (non-hydrogen) atoms. The van der Waals surface area contributed by atoms with Gasteiger partial charge in [0.1, 0.15) is 11.6 Å². The van der Waals surface area contributed by atoms with E-state index in [1.54, 1.807) is 0 Å². The lowest BCUT2D eigenvalue weighted by molar-refractivity contribution is -0.157. The van der Waals surface area contributed by atoms with E-state index < -0.39 is 11.6 Å². The summed E-state index contributed by atoms with van der Waals surface area (Å²) in [5, 5.41) is 0. The molecule has 0 spiro atoms. The van der Waals surface area contributed by atoms with Gasteiger partial charge in [0.25, 0.3) is 0 Å². The molecule has 0 aromatic heterocycles. The Bertz CT molecular complexity index is 229. The van der Waals surface area contributed by atoms with E-state index in [-0.39, 0.29) is 5.97 Å². The molecule has 4 heteroatoms. The van der Waals surface area contributed by atoms with E-state index in [4.69, 9.17) is 15.2 Å². The monoisotopic (exact) mass is 229 g/mol. The summed E-state index contributed by atoms with van der Waals surface area (Å²) in [7, 11) is 0. The number of carbonyl (C=O) groups is 1. The Balaban J connectivity index is 2.33. The predicted octanol–water partition coefficient (Wildman–Crippen LogP) is 1.47. The second-order valence-corrected chi connectivity index (χ2v) is 5.43. The minimum absolute atomic E-state index is 0.293. The first-order valence-corrected chi connectivity index (χ1v) is 5.94. The van der Waals surface area contributed by atoms with Crippen LogP contribution in [-0.2, 0) is 14.3 Å². The lowest BCUT2D eigenvalue weighted by Crippen LogP contribution is -2.39. The fourth-order valence-corrected chi connectivity index (χ4v) is 1.81. The summed E-state index contributed by atoms with van der Waals surface area (Å²) in [5.41, 5.74) is 5.39. The summed E-state index contributed by atoms with van der Waals surface area (Å²) >= 11 is 0. The number of hydrogen-bond donors (Lipinski definition) is 1. The van der Waals surface area contributed by atoms with Crippen LogP contribution in [0.5, 0.6) is 0 Å². The molecule has 0 amide bonds. The van der Waals surface area contributed by atoms with Crippen molar-refractivity contribution in [3.63, 3.8) is 0 Å². The van der Waals surface area contributed by atoms with Gasteiger partial charge >= 0.3 is 5.97 Å². The summed E-state index contributed by atoms with van der Waals surface area (Å²) in [4.78, 5) is 11.7. The van der Waals surface area contributed by atoms with Crippen molar-refractivity contribution in [3.05, 3.63) is 0 Å². The summed E-state index contributed by atoms with van der Waals surface area (Å²) < 4.78 is 10.5. The van der Waals surface area contributed by atoms with Gasteiger partial charge in [-0.05, 0) is 46.0 Å². The maximum Gasteiger partial charge on any atom is 0.323 e. The molecule has 0 unspecified atom stereocenters. The maximum absolute atomic E-state index is 11.7. The molecule has 1 heterocycles. The Labute approximate surface area is 97.5 Å². The molecular formula is C12H23NO3. The van der Waals surface area contributed by atoms with Crippen LogP contribution < -0.4 is 5.73 Å². The van der Waals surface area contributed by atoms with Crippen molar-refractivity contribution in [2.75, 3.05) is 13.2 Å². The average molecular weight is 229 g/mol. The van der Waals surface area contributed by atoms with Crippen LogP contribution in [0.15, 0.2) is 0 Å². The molecule has 0 saturated carbocycles. The van der Waals surface area contributed by atoms with Gasteiger partial charge in [0.15, 0.2) is 0 Å². The van der Waals surface area contributed by atoms with Gasteiger partial charge in [-0.15, -0.1) is 0 Å². The van der Waals surface area contributed by atoms with Crippen LogP contribution >= 0.6 is 0 Å². The van der Waals surface area contributed by atoms with Gasteiger partial charge in [0.2, 0.25) is 0 Å². The van der Waals surface area contributed by atoms with E-state index in [2.05, 4.69) is 0 Å². The fraction of sp³-hybridized carbons (Fsp3) is 0.917. The normalized spacial score (nSPS) is 20.5. The molecule has 94 valence electrons. The van der Waals surface area contributed by atoms with Crippen LogP contribution in [0.4, 0.5) is 0 Å². The van der Waals surface area contributed by atoms with Crippen LogP contribution in [0, 0.1) is 5.92 Å². The quantitative estimate of drug-likeness (QED) is 0.744. The van der Waals surface area contributed by atoms with Gasteiger partial charge < -0.3 is 15.2 Å². The molecule has 2 N–H and O–H groups in total. The zero-order valence-corrected chi connectivity index (χ0v) is 10.5. The third-order valence-electron chi connectivity index (χ3n) is 2.64. The predicted molar refractivity (Wildman–Crippen MR) is 62.0 cm³/mol. The number of nitrogens with two attached hydrogens (primary N) is 1.